The lowest BCUT2D eigenvalue weighted by atomic mass is 10.2. The lowest BCUT2D eigenvalue weighted by Gasteiger charge is -2.10. The number of hydrogen-bond acceptors (Lipinski definition) is 7. The molecule has 21 heavy (non-hydrogen) atoms. The maximum Gasteiger partial charge on any atom is 0.240 e. The molecule has 0 fully saturated rings. The molecule has 114 valence electrons. The van der Waals surface area contributed by atoms with E-state index >= 15 is 0 Å². The summed E-state index contributed by atoms with van der Waals surface area (Å²) >= 11 is 1.52. The summed E-state index contributed by atoms with van der Waals surface area (Å²) in [6, 6.07) is 0. The summed E-state index contributed by atoms with van der Waals surface area (Å²) in [5.41, 5.74) is 0. The Hall–Kier alpha value is -1.67. The second kappa shape index (κ2) is 7.94. The molecule has 0 bridgehead atoms. The summed E-state index contributed by atoms with van der Waals surface area (Å²) in [7, 11) is 0. The van der Waals surface area contributed by atoms with E-state index in [4.69, 9.17) is 5.11 Å². The van der Waals surface area contributed by atoms with Gasteiger partial charge in [-0.05, 0) is 12.3 Å². The molecule has 0 aliphatic carbocycles. The Morgan fingerprint density at radius 1 is 1.38 bits per heavy atom. The van der Waals surface area contributed by atoms with Crippen LogP contribution in [0.2, 0.25) is 0 Å². The molecule has 0 aromatic carbocycles. The summed E-state index contributed by atoms with van der Waals surface area (Å²) in [6.45, 7) is 5.04. The molecule has 1 unspecified atom stereocenters. The molecule has 8 heteroatoms. The summed E-state index contributed by atoms with van der Waals surface area (Å²) in [4.78, 5) is 17.2. The van der Waals surface area contributed by atoms with Crippen molar-refractivity contribution in [2.24, 2.45) is 5.92 Å². The van der Waals surface area contributed by atoms with E-state index < -0.39 is 0 Å². The SMILES string of the molecule is CCCNc1nc(SCC(C)CO)nc(-n2ccnc2)n1. The molecule has 0 radical (unpaired) electrons. The number of imidazole rings is 1. The number of aliphatic hydroxyl groups excluding tert-OH is 1. The number of nitrogens with zero attached hydrogens (tertiary/aromatic N) is 5. The third-order valence-corrected chi connectivity index (χ3v) is 3.86. The minimum atomic E-state index is 0.160. The zero-order chi connectivity index (χ0) is 15.1. The average molecular weight is 308 g/mol. The number of rotatable bonds is 8. The average Bonchev–Trinajstić information content (AvgIpc) is 3.04. The van der Waals surface area contributed by atoms with Gasteiger partial charge < -0.3 is 10.4 Å². The van der Waals surface area contributed by atoms with E-state index in [0.717, 1.165) is 18.7 Å². The highest BCUT2D eigenvalue weighted by atomic mass is 32.2. The van der Waals surface area contributed by atoms with Gasteiger partial charge >= 0.3 is 0 Å². The van der Waals surface area contributed by atoms with Gasteiger partial charge in [0.2, 0.25) is 11.9 Å². The molecule has 2 aromatic heterocycles. The third kappa shape index (κ3) is 4.68. The van der Waals surface area contributed by atoms with E-state index in [9.17, 15) is 0 Å². The van der Waals surface area contributed by atoms with Crippen LogP contribution in [-0.4, -0.2) is 48.5 Å². The first-order chi connectivity index (χ1) is 10.2. The van der Waals surface area contributed by atoms with Gasteiger partial charge in [0.15, 0.2) is 5.16 Å². The van der Waals surface area contributed by atoms with E-state index in [-0.39, 0.29) is 12.5 Å². The van der Waals surface area contributed by atoms with Gasteiger partial charge in [0.25, 0.3) is 0 Å². The van der Waals surface area contributed by atoms with Crippen LogP contribution in [0.3, 0.4) is 0 Å². The lowest BCUT2D eigenvalue weighted by Crippen LogP contribution is -2.11. The fraction of sp³-hybridized carbons (Fsp3) is 0.538. The largest absolute Gasteiger partial charge is 0.396 e. The lowest BCUT2D eigenvalue weighted by molar-refractivity contribution is 0.250. The van der Waals surface area contributed by atoms with Crippen LogP contribution < -0.4 is 5.32 Å². The minimum Gasteiger partial charge on any atom is -0.396 e. The van der Waals surface area contributed by atoms with Crippen LogP contribution >= 0.6 is 11.8 Å². The second-order valence-corrected chi connectivity index (χ2v) is 5.72. The van der Waals surface area contributed by atoms with Crippen molar-refractivity contribution in [2.45, 2.75) is 25.4 Å². The number of hydrogen-bond donors (Lipinski definition) is 2. The fourth-order valence-corrected chi connectivity index (χ4v) is 2.32. The highest BCUT2D eigenvalue weighted by Gasteiger charge is 2.10. The molecule has 2 heterocycles. The molecule has 0 aliphatic heterocycles. The predicted molar refractivity (Wildman–Crippen MR) is 82.7 cm³/mol. The van der Waals surface area contributed by atoms with Gasteiger partial charge in [-0.15, -0.1) is 0 Å². The maximum absolute atomic E-state index is 9.10. The first-order valence-corrected chi connectivity index (χ1v) is 7.93. The normalized spacial score (nSPS) is 12.3. The minimum absolute atomic E-state index is 0.160. The van der Waals surface area contributed by atoms with Crippen LogP contribution in [0.4, 0.5) is 5.95 Å². The van der Waals surface area contributed by atoms with Crippen LogP contribution in [0.25, 0.3) is 5.95 Å². The zero-order valence-corrected chi connectivity index (χ0v) is 13.0. The zero-order valence-electron chi connectivity index (χ0n) is 12.2. The fourth-order valence-electron chi connectivity index (χ4n) is 1.49. The molecule has 2 rings (SSSR count). The summed E-state index contributed by atoms with van der Waals surface area (Å²) < 4.78 is 1.75. The molecule has 1 atom stereocenters. The van der Waals surface area contributed by atoms with Crippen molar-refractivity contribution in [1.82, 2.24) is 24.5 Å². The summed E-state index contributed by atoms with van der Waals surface area (Å²) in [5.74, 6) is 2.07. The molecular formula is C13H20N6OS. The molecule has 2 aromatic rings. The summed E-state index contributed by atoms with van der Waals surface area (Å²) in [6.07, 6.45) is 6.13. The molecule has 0 saturated heterocycles. The Morgan fingerprint density at radius 2 is 2.24 bits per heavy atom. The van der Waals surface area contributed by atoms with Crippen molar-refractivity contribution in [3.8, 4) is 5.95 Å². The Kier molecular flexibility index (Phi) is 5.94. The van der Waals surface area contributed by atoms with Crippen LogP contribution in [0.1, 0.15) is 20.3 Å². The standard InChI is InChI=1S/C13H20N6OS/c1-3-4-15-11-16-12(19-6-5-14-9-19)18-13(17-11)21-8-10(2)7-20/h5-6,9-10,20H,3-4,7-8H2,1-2H3,(H,15,16,17,18). The maximum atomic E-state index is 9.10. The molecule has 7 nitrogen and oxygen atoms in total. The Balaban J connectivity index is 2.20. The predicted octanol–water partition coefficient (Wildman–Crippen LogP) is 1.60. The van der Waals surface area contributed by atoms with Gasteiger partial charge in [-0.25, -0.2) is 4.98 Å². The van der Waals surface area contributed by atoms with E-state index in [1.807, 2.05) is 6.92 Å². The van der Waals surface area contributed by atoms with Crippen molar-refractivity contribution in [3.05, 3.63) is 18.7 Å². The van der Waals surface area contributed by atoms with Gasteiger partial charge in [-0.2, -0.15) is 15.0 Å². The number of thioether (sulfide) groups is 1. The van der Waals surface area contributed by atoms with E-state index in [1.54, 1.807) is 23.3 Å². The first kappa shape index (κ1) is 15.7. The highest BCUT2D eigenvalue weighted by Crippen LogP contribution is 2.19. The van der Waals surface area contributed by atoms with Crippen LogP contribution in [0.15, 0.2) is 23.9 Å². The molecule has 0 spiro atoms. The first-order valence-electron chi connectivity index (χ1n) is 6.94. The van der Waals surface area contributed by atoms with Gasteiger partial charge in [0.05, 0.1) is 0 Å². The molecular weight excluding hydrogens is 288 g/mol. The number of nitrogens with one attached hydrogen (secondary N) is 1. The second-order valence-electron chi connectivity index (χ2n) is 4.74. The van der Waals surface area contributed by atoms with Gasteiger partial charge in [0.1, 0.15) is 6.33 Å². The summed E-state index contributed by atoms with van der Waals surface area (Å²) in [5, 5.41) is 12.9. The quantitative estimate of drug-likeness (QED) is 0.716. The molecule has 0 aliphatic rings. The van der Waals surface area contributed by atoms with E-state index in [2.05, 4.69) is 32.2 Å². The van der Waals surface area contributed by atoms with E-state index in [1.165, 1.54) is 11.8 Å². The monoisotopic (exact) mass is 308 g/mol. The van der Waals surface area contributed by atoms with Crippen molar-refractivity contribution in [2.75, 3.05) is 24.2 Å². The smallest absolute Gasteiger partial charge is 0.240 e. The van der Waals surface area contributed by atoms with Gasteiger partial charge in [-0.3, -0.25) is 4.57 Å². The Labute approximate surface area is 128 Å². The number of aromatic nitrogens is 5. The van der Waals surface area contributed by atoms with Crippen LogP contribution in [0, 0.1) is 5.92 Å². The van der Waals surface area contributed by atoms with Crippen LogP contribution in [0.5, 0.6) is 0 Å². The third-order valence-electron chi connectivity index (χ3n) is 2.68. The van der Waals surface area contributed by atoms with Gasteiger partial charge in [-0.1, -0.05) is 25.6 Å². The number of anilines is 1. The van der Waals surface area contributed by atoms with Crippen molar-refractivity contribution in [1.29, 1.82) is 0 Å². The molecule has 0 amide bonds. The van der Waals surface area contributed by atoms with Crippen molar-refractivity contribution < 1.29 is 5.11 Å². The van der Waals surface area contributed by atoms with Crippen molar-refractivity contribution >= 4 is 17.7 Å². The Bertz CT molecular complexity index is 548. The number of aliphatic hydroxyl groups is 1. The highest BCUT2D eigenvalue weighted by molar-refractivity contribution is 7.99. The Morgan fingerprint density at radius 3 is 2.90 bits per heavy atom. The van der Waals surface area contributed by atoms with Crippen LogP contribution in [-0.2, 0) is 0 Å². The van der Waals surface area contributed by atoms with Crippen molar-refractivity contribution in [3.63, 3.8) is 0 Å². The topological polar surface area (TPSA) is 88.8 Å². The molecule has 0 saturated carbocycles. The van der Waals surface area contributed by atoms with E-state index in [0.29, 0.717) is 17.1 Å². The van der Waals surface area contributed by atoms with Gasteiger partial charge in [0, 0.05) is 31.3 Å². The molecule has 2 N–H and O–H groups in total.